The zero-order valence-electron chi connectivity index (χ0n) is 40.0. The Morgan fingerprint density at radius 1 is 0.367 bits per heavy atom. The van der Waals surface area contributed by atoms with Crippen molar-refractivity contribution in [3.8, 4) is 0 Å². The largest absolute Gasteiger partial charge is 0.354 e. The lowest BCUT2D eigenvalue weighted by atomic mass is 10.1. The third kappa shape index (κ3) is 49.6. The van der Waals surface area contributed by atoms with Gasteiger partial charge in [-0.2, -0.15) is 35.3 Å². The Labute approximate surface area is 396 Å². The molecule has 0 aromatic heterocycles. The van der Waals surface area contributed by atoms with Gasteiger partial charge in [-0.05, 0) is 36.5 Å². The fourth-order valence-corrected chi connectivity index (χ4v) is 12.4. The molecule has 1 atom stereocenters. The number of rotatable bonds is 50. The van der Waals surface area contributed by atoms with E-state index in [-0.39, 0.29) is 21.4 Å². The second-order valence-electron chi connectivity index (χ2n) is 17.4. The number of carbonyl (C=O) groups excluding carboxylic acids is 3. The van der Waals surface area contributed by atoms with Crippen LogP contribution in [0.3, 0.4) is 0 Å². The third-order valence-corrected chi connectivity index (χ3v) is 17.2. The van der Waals surface area contributed by atoms with Crippen molar-refractivity contribution < 1.29 is 14.4 Å². The van der Waals surface area contributed by atoms with E-state index in [1.54, 1.807) is 35.3 Å². The molecule has 9 heteroatoms. The molecule has 0 rings (SSSR count). The molecule has 1 amide bonds. The minimum Gasteiger partial charge on any atom is -0.354 e. The molecule has 0 aliphatic rings. The highest BCUT2D eigenvalue weighted by Crippen LogP contribution is 2.23. The van der Waals surface area contributed by atoms with E-state index < -0.39 is 0 Å². The Balaban J connectivity index is 4.30. The van der Waals surface area contributed by atoms with Gasteiger partial charge in [-0.25, -0.2) is 0 Å². The van der Waals surface area contributed by atoms with E-state index in [1.165, 1.54) is 255 Å². The molecule has 0 fully saturated rings. The Hall–Kier alpha value is 0.560. The molecule has 4 nitrogen and oxygen atoms in total. The van der Waals surface area contributed by atoms with Gasteiger partial charge in [0.25, 0.3) is 0 Å². The molecule has 0 aromatic rings. The predicted octanol–water partition coefficient (Wildman–Crippen LogP) is 17.3. The quantitative estimate of drug-likeness (QED) is 0.0606. The van der Waals surface area contributed by atoms with Gasteiger partial charge < -0.3 is 5.32 Å². The number of hydrogen-bond acceptors (Lipinski definition) is 8. The summed E-state index contributed by atoms with van der Waals surface area (Å²) in [6, 6.07) is 0. The number of carbonyl (C=O) groups is 3. The first-order chi connectivity index (χ1) is 29.5. The van der Waals surface area contributed by atoms with Crippen LogP contribution in [0.25, 0.3) is 0 Å². The van der Waals surface area contributed by atoms with Crippen LogP contribution in [0.5, 0.6) is 0 Å². The first-order valence-corrected chi connectivity index (χ1v) is 31.2. The highest BCUT2D eigenvalue weighted by atomic mass is 32.2. The lowest BCUT2D eigenvalue weighted by molar-refractivity contribution is -0.118. The molecular weight excluding hydrogens is 835 g/mol. The fraction of sp³-hybridized carbons (Fsp3) is 0.941. The molecule has 0 radical (unpaired) electrons. The van der Waals surface area contributed by atoms with Crippen LogP contribution in [-0.2, 0) is 14.4 Å². The number of nitrogens with one attached hydrogen (secondary N) is 1. The summed E-state index contributed by atoms with van der Waals surface area (Å²) in [5.41, 5.74) is 0. The van der Waals surface area contributed by atoms with Crippen LogP contribution in [0.4, 0.5) is 0 Å². The number of hydrogen-bond donors (Lipinski definition) is 1. The standard InChI is InChI=1S/C51H99NO3S5/c1-4-7-10-13-16-19-22-25-28-31-34-37-40-56-45-49(53)52-43-48(60-51(55)47-58-42-39-36-33-30-27-24-21-18-15-12-9-6-3)44-59-50(54)46-57-41-38-35-32-29-26-23-20-17-14-11-8-5-2/h48H,4-47H2,1-3H3,(H,52,53). The SMILES string of the molecule is CCCCCCCCCCCCCCSCC(=O)NCC(CSC(=O)CSCCCCCCCCCCCCCC)SC(=O)CSCCCCCCCCCCCCCC. The lowest BCUT2D eigenvalue weighted by Gasteiger charge is -2.16. The second-order valence-corrected chi connectivity index (χ2v) is 23.2. The molecule has 0 saturated heterocycles. The van der Waals surface area contributed by atoms with Crippen LogP contribution in [0, 0.1) is 0 Å². The molecule has 0 saturated carbocycles. The minimum atomic E-state index is -0.0784. The summed E-state index contributed by atoms with van der Waals surface area (Å²) >= 11 is 7.93. The summed E-state index contributed by atoms with van der Waals surface area (Å²) < 4.78 is 0. The highest BCUT2D eigenvalue weighted by Gasteiger charge is 2.18. The van der Waals surface area contributed by atoms with Gasteiger partial charge in [0.15, 0.2) is 10.2 Å². The van der Waals surface area contributed by atoms with E-state index in [0.717, 1.165) is 17.3 Å². The molecule has 0 aliphatic carbocycles. The molecule has 356 valence electrons. The van der Waals surface area contributed by atoms with E-state index >= 15 is 0 Å². The van der Waals surface area contributed by atoms with Crippen molar-refractivity contribution in [1.29, 1.82) is 0 Å². The lowest BCUT2D eigenvalue weighted by Crippen LogP contribution is -2.34. The van der Waals surface area contributed by atoms with E-state index in [0.29, 0.717) is 29.6 Å². The zero-order valence-corrected chi connectivity index (χ0v) is 44.0. The van der Waals surface area contributed by atoms with Gasteiger partial charge in [-0.15, -0.1) is 0 Å². The Bertz CT molecular complexity index is 862. The van der Waals surface area contributed by atoms with Crippen LogP contribution in [-0.4, -0.2) is 68.2 Å². The predicted molar refractivity (Wildman–Crippen MR) is 282 cm³/mol. The zero-order chi connectivity index (χ0) is 43.7. The van der Waals surface area contributed by atoms with Crippen LogP contribution in [0.1, 0.15) is 252 Å². The second kappa shape index (κ2) is 52.2. The van der Waals surface area contributed by atoms with E-state index in [4.69, 9.17) is 0 Å². The Morgan fingerprint density at radius 2 is 0.650 bits per heavy atom. The van der Waals surface area contributed by atoms with Gasteiger partial charge in [-0.3, -0.25) is 14.4 Å². The molecule has 60 heavy (non-hydrogen) atoms. The molecular formula is C51H99NO3S5. The van der Waals surface area contributed by atoms with E-state index in [2.05, 4.69) is 26.1 Å². The molecule has 0 spiro atoms. The summed E-state index contributed by atoms with van der Waals surface area (Å²) in [4.78, 5) is 38.6. The van der Waals surface area contributed by atoms with Crippen molar-refractivity contribution in [3.63, 3.8) is 0 Å². The van der Waals surface area contributed by atoms with E-state index in [1.807, 2.05) is 0 Å². The normalized spacial score (nSPS) is 12.0. The van der Waals surface area contributed by atoms with Gasteiger partial charge in [0.2, 0.25) is 5.91 Å². The summed E-state index contributed by atoms with van der Waals surface area (Å²) in [5, 5.41) is 3.40. The summed E-state index contributed by atoms with van der Waals surface area (Å²) in [6.45, 7) is 7.29. The van der Waals surface area contributed by atoms with Crippen LogP contribution < -0.4 is 5.32 Å². The molecule has 1 N–H and O–H groups in total. The maximum Gasteiger partial charge on any atom is 0.230 e. The van der Waals surface area contributed by atoms with E-state index in [9.17, 15) is 14.4 Å². The first kappa shape index (κ1) is 60.6. The summed E-state index contributed by atoms with van der Waals surface area (Å²) in [6.07, 6.45) is 48.5. The van der Waals surface area contributed by atoms with Crippen molar-refractivity contribution in [2.24, 2.45) is 0 Å². The molecule has 0 bridgehead atoms. The topological polar surface area (TPSA) is 63.2 Å². The number of amides is 1. The monoisotopic (exact) mass is 934 g/mol. The van der Waals surface area contributed by atoms with Crippen molar-refractivity contribution in [3.05, 3.63) is 0 Å². The maximum absolute atomic E-state index is 13.0. The van der Waals surface area contributed by atoms with Gasteiger partial charge in [0.1, 0.15) is 0 Å². The van der Waals surface area contributed by atoms with Crippen LogP contribution in [0.15, 0.2) is 0 Å². The summed E-state index contributed by atoms with van der Waals surface area (Å²) in [5.74, 6) is 5.24. The van der Waals surface area contributed by atoms with Crippen molar-refractivity contribution in [1.82, 2.24) is 5.32 Å². The van der Waals surface area contributed by atoms with Crippen molar-refractivity contribution >= 4 is 74.9 Å². The minimum absolute atomic E-state index is 0.0487. The average Bonchev–Trinajstić information content (AvgIpc) is 3.24. The van der Waals surface area contributed by atoms with Crippen molar-refractivity contribution in [2.75, 3.05) is 46.8 Å². The van der Waals surface area contributed by atoms with Gasteiger partial charge in [0.05, 0.1) is 17.3 Å². The van der Waals surface area contributed by atoms with Gasteiger partial charge >= 0.3 is 0 Å². The maximum atomic E-state index is 13.0. The summed E-state index contributed by atoms with van der Waals surface area (Å²) in [7, 11) is 0. The molecule has 1 unspecified atom stereocenters. The number of unbranched alkanes of at least 4 members (excludes halogenated alkanes) is 33. The molecule has 0 aromatic carbocycles. The first-order valence-electron chi connectivity index (χ1n) is 25.9. The van der Waals surface area contributed by atoms with Crippen molar-refractivity contribution in [2.45, 2.75) is 257 Å². The molecule has 0 aliphatic heterocycles. The average molecular weight is 935 g/mol. The fourth-order valence-electron chi connectivity index (χ4n) is 7.47. The smallest absolute Gasteiger partial charge is 0.230 e. The van der Waals surface area contributed by atoms with Crippen LogP contribution in [0.2, 0.25) is 0 Å². The highest BCUT2D eigenvalue weighted by molar-refractivity contribution is 8.19. The van der Waals surface area contributed by atoms with Gasteiger partial charge in [-0.1, -0.05) is 256 Å². The number of thioether (sulfide) groups is 5. The Kier molecular flexibility index (Phi) is 52.7. The Morgan fingerprint density at radius 3 is 0.983 bits per heavy atom. The third-order valence-electron chi connectivity index (χ3n) is 11.4. The van der Waals surface area contributed by atoms with Gasteiger partial charge in [0, 0.05) is 17.5 Å². The van der Waals surface area contributed by atoms with Crippen LogP contribution >= 0.6 is 58.8 Å². The molecule has 0 heterocycles.